The molecule has 3 amide bonds. The molecule has 3 N–H and O–H groups in total. The van der Waals surface area contributed by atoms with Crippen LogP contribution in [-0.2, 0) is 16.1 Å². The zero-order valence-corrected chi connectivity index (χ0v) is 35.3. The number of benzene rings is 3. The fourth-order valence-corrected chi connectivity index (χ4v) is 10.6. The molecular formula is C48H56N10O4. The quantitative estimate of drug-likeness (QED) is 0.142. The van der Waals surface area contributed by atoms with Gasteiger partial charge in [-0.1, -0.05) is 18.2 Å². The normalized spacial score (nSPS) is 22.0. The Morgan fingerprint density at radius 1 is 0.806 bits per heavy atom. The molecule has 322 valence electrons. The Morgan fingerprint density at radius 3 is 2.39 bits per heavy atom. The molecule has 5 aromatic rings. The van der Waals surface area contributed by atoms with Gasteiger partial charge in [0.05, 0.1) is 11.4 Å². The number of hydrogen-bond acceptors (Lipinski definition) is 11. The predicted molar refractivity (Wildman–Crippen MR) is 238 cm³/mol. The van der Waals surface area contributed by atoms with Gasteiger partial charge in [-0.3, -0.25) is 24.6 Å². The number of para-hydroxylation sites is 1. The van der Waals surface area contributed by atoms with Gasteiger partial charge in [0.25, 0.3) is 5.91 Å². The lowest BCUT2D eigenvalue weighted by Gasteiger charge is -2.42. The number of carbonyl (C=O) groups excluding carboxylic acids is 3. The monoisotopic (exact) mass is 836 g/mol. The van der Waals surface area contributed by atoms with Gasteiger partial charge in [0.15, 0.2) is 5.65 Å². The average Bonchev–Trinajstić information content (AvgIpc) is 3.86. The Balaban J connectivity index is 0.687. The second-order valence-corrected chi connectivity index (χ2v) is 17.9. The van der Waals surface area contributed by atoms with E-state index in [-0.39, 0.29) is 30.2 Å². The molecule has 0 spiro atoms. The summed E-state index contributed by atoms with van der Waals surface area (Å²) in [6, 6.07) is 24.1. The van der Waals surface area contributed by atoms with Crippen LogP contribution in [0.25, 0.3) is 22.3 Å². The van der Waals surface area contributed by atoms with Crippen molar-refractivity contribution >= 4 is 40.3 Å². The molecule has 4 fully saturated rings. The third-order valence-corrected chi connectivity index (χ3v) is 14.0. The topological polar surface area (TPSA) is 155 Å². The van der Waals surface area contributed by atoms with Gasteiger partial charge in [-0.2, -0.15) is 5.10 Å². The van der Waals surface area contributed by atoms with Crippen LogP contribution in [0.1, 0.15) is 86.2 Å². The summed E-state index contributed by atoms with van der Waals surface area (Å²) < 4.78 is 8.16. The second-order valence-electron chi connectivity index (χ2n) is 17.9. The molecule has 5 aliphatic rings. The van der Waals surface area contributed by atoms with Crippen molar-refractivity contribution in [3.05, 3.63) is 90.3 Å². The minimum Gasteiger partial charge on any atom is -0.457 e. The molecule has 4 saturated heterocycles. The van der Waals surface area contributed by atoms with E-state index in [1.807, 2.05) is 60.7 Å². The van der Waals surface area contributed by atoms with Crippen LogP contribution < -0.4 is 20.7 Å². The lowest BCUT2D eigenvalue weighted by Crippen LogP contribution is -2.52. The number of amides is 3. The smallest absolute Gasteiger partial charge is 0.255 e. The van der Waals surface area contributed by atoms with Crippen molar-refractivity contribution in [3.8, 4) is 22.8 Å². The second kappa shape index (κ2) is 17.5. The minimum absolute atomic E-state index is 0.117. The zero-order chi connectivity index (χ0) is 42.2. The van der Waals surface area contributed by atoms with Crippen LogP contribution in [0.5, 0.6) is 11.5 Å². The van der Waals surface area contributed by atoms with E-state index in [1.165, 1.54) is 45.1 Å². The van der Waals surface area contributed by atoms with Crippen LogP contribution in [0.2, 0.25) is 0 Å². The third-order valence-electron chi connectivity index (χ3n) is 14.0. The third kappa shape index (κ3) is 8.25. The number of piperidine rings is 4. The maximum atomic E-state index is 13.2. The Labute approximate surface area is 362 Å². The number of aromatic nitrogens is 4. The Morgan fingerprint density at radius 2 is 1.60 bits per heavy atom. The molecule has 10 rings (SSSR count). The number of carbonyl (C=O) groups is 3. The highest BCUT2D eigenvalue weighted by atomic mass is 16.5. The fraction of sp³-hybridized carbons (Fsp3) is 0.458. The van der Waals surface area contributed by atoms with Crippen LogP contribution in [0.4, 0.5) is 11.5 Å². The molecule has 2 aromatic heterocycles. The highest BCUT2D eigenvalue weighted by Crippen LogP contribution is 2.37. The van der Waals surface area contributed by atoms with Gasteiger partial charge in [-0.05, 0) is 150 Å². The van der Waals surface area contributed by atoms with Crippen molar-refractivity contribution in [2.75, 3.05) is 56.4 Å². The summed E-state index contributed by atoms with van der Waals surface area (Å²) in [4.78, 5) is 55.9. The van der Waals surface area contributed by atoms with Crippen LogP contribution in [0.15, 0.2) is 79.1 Å². The first kappa shape index (κ1) is 40.2. The minimum atomic E-state index is -0.583. The van der Waals surface area contributed by atoms with Crippen molar-refractivity contribution in [2.45, 2.75) is 88.9 Å². The Kier molecular flexibility index (Phi) is 11.3. The number of nitrogens with zero attached hydrogens (tertiary/aromatic N) is 8. The molecule has 0 saturated carbocycles. The number of anilines is 2. The molecule has 2 atom stereocenters. The number of rotatable bonds is 11. The van der Waals surface area contributed by atoms with Gasteiger partial charge in [-0.25, -0.2) is 14.6 Å². The van der Waals surface area contributed by atoms with Crippen LogP contribution in [0.3, 0.4) is 0 Å². The van der Waals surface area contributed by atoms with Gasteiger partial charge >= 0.3 is 0 Å². The van der Waals surface area contributed by atoms with E-state index in [0.717, 1.165) is 103 Å². The molecular weight excluding hydrogens is 781 g/mol. The summed E-state index contributed by atoms with van der Waals surface area (Å²) in [6.07, 6.45) is 11.6. The highest BCUT2D eigenvalue weighted by Gasteiger charge is 2.39. The Hall–Kier alpha value is -5.86. The molecule has 2 unspecified atom stereocenters. The average molecular weight is 837 g/mol. The molecule has 0 radical (unpaired) electrons. The van der Waals surface area contributed by atoms with Gasteiger partial charge in [-0.15, -0.1) is 0 Å². The molecule has 0 aliphatic carbocycles. The molecule has 0 bridgehead atoms. The SMILES string of the molecule is Nc1ncnc2c1c(-c1ccc(Oc3ccccc3)cc1)nn2C1CCCN(C2CCN(CCCC3CCN(c4ccc5c(c4)CN(C4CCC(=O)NC4=O)C5=O)CC3)CC2)C1. The summed E-state index contributed by atoms with van der Waals surface area (Å²) in [5.41, 5.74) is 11.9. The molecule has 7 heterocycles. The number of hydrogen-bond donors (Lipinski definition) is 2. The molecule has 14 nitrogen and oxygen atoms in total. The summed E-state index contributed by atoms with van der Waals surface area (Å²) in [7, 11) is 0. The number of nitrogens with one attached hydrogen (secondary N) is 1. The van der Waals surface area contributed by atoms with Crippen molar-refractivity contribution in [1.82, 2.24) is 39.8 Å². The van der Waals surface area contributed by atoms with Crippen molar-refractivity contribution in [2.24, 2.45) is 5.92 Å². The number of imide groups is 1. The van der Waals surface area contributed by atoms with Crippen LogP contribution in [0, 0.1) is 5.92 Å². The van der Waals surface area contributed by atoms with E-state index in [9.17, 15) is 14.4 Å². The van der Waals surface area contributed by atoms with Crippen LogP contribution >= 0.6 is 0 Å². The standard InChI is InChI=1S/C48H56N10O4/c49-45-43-44(33-10-13-39(14-11-33)62-38-8-2-1-3-9-38)53-58(46(43)51-31-50-45)37-7-5-23-56(30-37)35-20-24-54(25-21-35)22-4-6-32-18-26-55(27-19-32)36-12-15-40-34(28-36)29-57(48(40)61)41-16-17-42(59)52-47(41)60/h1-3,8-15,28,31-32,35,37,41H,4-7,16-27,29-30H2,(H2,49,50,51)(H,52,59,60). The van der Waals surface area contributed by atoms with Crippen molar-refractivity contribution in [1.29, 1.82) is 0 Å². The summed E-state index contributed by atoms with van der Waals surface area (Å²) in [6.45, 7) is 7.99. The molecule has 5 aliphatic heterocycles. The summed E-state index contributed by atoms with van der Waals surface area (Å²) >= 11 is 0. The summed E-state index contributed by atoms with van der Waals surface area (Å²) in [5.74, 6) is 1.99. The lowest BCUT2D eigenvalue weighted by molar-refractivity contribution is -0.136. The highest BCUT2D eigenvalue weighted by molar-refractivity contribution is 6.05. The fourth-order valence-electron chi connectivity index (χ4n) is 10.6. The van der Waals surface area contributed by atoms with Gasteiger partial charge in [0.2, 0.25) is 11.8 Å². The molecule has 3 aromatic carbocycles. The van der Waals surface area contributed by atoms with E-state index in [1.54, 1.807) is 11.2 Å². The van der Waals surface area contributed by atoms with Gasteiger partial charge in [0.1, 0.15) is 35.4 Å². The summed E-state index contributed by atoms with van der Waals surface area (Å²) in [5, 5.41) is 8.40. The van der Waals surface area contributed by atoms with E-state index >= 15 is 0 Å². The number of nitrogens with two attached hydrogens (primary N) is 1. The first-order valence-corrected chi connectivity index (χ1v) is 22.7. The van der Waals surface area contributed by atoms with Gasteiger partial charge in [0, 0.05) is 55.5 Å². The lowest BCUT2D eigenvalue weighted by atomic mass is 9.91. The first-order chi connectivity index (χ1) is 30.3. The van der Waals surface area contributed by atoms with E-state index in [4.69, 9.17) is 20.6 Å². The predicted octanol–water partition coefficient (Wildman–Crippen LogP) is 6.43. The van der Waals surface area contributed by atoms with Crippen molar-refractivity contribution in [3.63, 3.8) is 0 Å². The van der Waals surface area contributed by atoms with Gasteiger partial charge < -0.3 is 25.2 Å². The number of likely N-dealkylation sites (tertiary alicyclic amines) is 2. The van der Waals surface area contributed by atoms with Crippen LogP contribution in [-0.4, -0.2) is 110 Å². The molecule has 14 heteroatoms. The molecule has 62 heavy (non-hydrogen) atoms. The van der Waals surface area contributed by atoms with Crippen molar-refractivity contribution < 1.29 is 19.1 Å². The van der Waals surface area contributed by atoms with E-state index in [0.29, 0.717) is 30.4 Å². The number of nitrogen functional groups attached to an aromatic ring is 1. The Bertz CT molecular complexity index is 2420. The van der Waals surface area contributed by atoms with E-state index < -0.39 is 6.04 Å². The van der Waals surface area contributed by atoms with E-state index in [2.05, 4.69) is 41.8 Å². The zero-order valence-electron chi connectivity index (χ0n) is 35.3. The maximum Gasteiger partial charge on any atom is 0.255 e. The number of fused-ring (bicyclic) bond motifs is 2. The first-order valence-electron chi connectivity index (χ1n) is 22.7. The maximum absolute atomic E-state index is 13.2. The largest absolute Gasteiger partial charge is 0.457 e. The number of ether oxygens (including phenoxy) is 1.